The van der Waals surface area contributed by atoms with E-state index in [1.54, 1.807) is 31.4 Å². The Kier molecular flexibility index (Phi) is 4.47. The van der Waals surface area contributed by atoms with Gasteiger partial charge in [0, 0.05) is 0 Å². The molecule has 0 spiro atoms. The Balaban J connectivity index is 2.25. The maximum Gasteiger partial charge on any atom is 0.326 e. The summed E-state index contributed by atoms with van der Waals surface area (Å²) in [6, 6.07) is 4.81. The molecule has 0 unspecified atom stereocenters. The molecule has 1 atom stereocenters. The first-order valence-electron chi connectivity index (χ1n) is 6.72. The molecule has 0 radical (unpaired) electrons. The van der Waals surface area contributed by atoms with Gasteiger partial charge in [-0.05, 0) is 37.1 Å². The van der Waals surface area contributed by atoms with Gasteiger partial charge >= 0.3 is 6.03 Å². The van der Waals surface area contributed by atoms with Crippen molar-refractivity contribution in [2.24, 2.45) is 0 Å². The van der Waals surface area contributed by atoms with E-state index in [2.05, 4.69) is 10.6 Å². The largest absolute Gasteiger partial charge is 0.493 e. The SMILES string of the molecule is CC[C@@H](C)Oc1ccc(/C=C2\NC(=O)NC2=O)cc1OC. The Morgan fingerprint density at radius 2 is 2.00 bits per heavy atom. The van der Waals surface area contributed by atoms with Gasteiger partial charge in [0.15, 0.2) is 11.5 Å². The summed E-state index contributed by atoms with van der Waals surface area (Å²) in [6.07, 6.45) is 2.56. The normalized spacial score (nSPS) is 17.4. The number of methoxy groups -OCH3 is 1. The molecular formula is C15H18N2O4. The van der Waals surface area contributed by atoms with Crippen LogP contribution in [0.15, 0.2) is 23.9 Å². The molecule has 112 valence electrons. The maximum absolute atomic E-state index is 11.5. The lowest BCUT2D eigenvalue weighted by Gasteiger charge is -2.15. The highest BCUT2D eigenvalue weighted by atomic mass is 16.5. The van der Waals surface area contributed by atoms with Gasteiger partial charge in [0.25, 0.3) is 5.91 Å². The number of hydrogen-bond donors (Lipinski definition) is 2. The van der Waals surface area contributed by atoms with Crippen molar-refractivity contribution in [1.29, 1.82) is 0 Å². The lowest BCUT2D eigenvalue weighted by molar-refractivity contribution is -0.115. The summed E-state index contributed by atoms with van der Waals surface area (Å²) in [5.41, 5.74) is 0.938. The number of carbonyl (C=O) groups excluding carboxylic acids is 2. The minimum Gasteiger partial charge on any atom is -0.493 e. The van der Waals surface area contributed by atoms with E-state index in [4.69, 9.17) is 9.47 Å². The lowest BCUT2D eigenvalue weighted by Crippen LogP contribution is -2.22. The van der Waals surface area contributed by atoms with E-state index in [-0.39, 0.29) is 11.8 Å². The molecule has 1 aliphatic rings. The first-order valence-corrected chi connectivity index (χ1v) is 6.72. The Morgan fingerprint density at radius 3 is 2.57 bits per heavy atom. The monoisotopic (exact) mass is 290 g/mol. The number of ether oxygens (including phenoxy) is 2. The molecule has 1 fully saturated rings. The number of benzene rings is 1. The molecule has 1 heterocycles. The molecule has 1 aromatic rings. The van der Waals surface area contributed by atoms with E-state index in [0.717, 1.165) is 12.0 Å². The van der Waals surface area contributed by atoms with Gasteiger partial charge in [-0.3, -0.25) is 10.1 Å². The minimum atomic E-state index is -0.519. The fourth-order valence-electron chi connectivity index (χ4n) is 1.82. The van der Waals surface area contributed by atoms with Crippen LogP contribution >= 0.6 is 0 Å². The van der Waals surface area contributed by atoms with Crippen molar-refractivity contribution < 1.29 is 19.1 Å². The molecule has 0 bridgehead atoms. The molecule has 0 saturated carbocycles. The zero-order valence-electron chi connectivity index (χ0n) is 12.2. The molecular weight excluding hydrogens is 272 g/mol. The second kappa shape index (κ2) is 6.30. The fraction of sp³-hybridized carbons (Fsp3) is 0.333. The van der Waals surface area contributed by atoms with Crippen LogP contribution in [0.4, 0.5) is 4.79 Å². The van der Waals surface area contributed by atoms with Crippen molar-refractivity contribution in [3.63, 3.8) is 0 Å². The summed E-state index contributed by atoms with van der Waals surface area (Å²) in [4.78, 5) is 22.5. The summed E-state index contributed by atoms with van der Waals surface area (Å²) >= 11 is 0. The van der Waals surface area contributed by atoms with E-state index in [1.165, 1.54) is 0 Å². The predicted octanol–water partition coefficient (Wildman–Crippen LogP) is 2.05. The van der Waals surface area contributed by atoms with Crippen LogP contribution in [-0.2, 0) is 4.79 Å². The van der Waals surface area contributed by atoms with Crippen molar-refractivity contribution in [2.75, 3.05) is 7.11 Å². The Bertz CT molecular complexity index is 595. The van der Waals surface area contributed by atoms with Crippen LogP contribution in [0.3, 0.4) is 0 Å². The van der Waals surface area contributed by atoms with Crippen LogP contribution in [0.5, 0.6) is 11.5 Å². The molecule has 0 aliphatic carbocycles. The molecule has 1 aromatic carbocycles. The van der Waals surface area contributed by atoms with Crippen LogP contribution in [0.1, 0.15) is 25.8 Å². The number of urea groups is 1. The van der Waals surface area contributed by atoms with Crippen molar-refractivity contribution in [3.8, 4) is 11.5 Å². The van der Waals surface area contributed by atoms with Gasteiger partial charge in [-0.25, -0.2) is 4.79 Å². The van der Waals surface area contributed by atoms with Crippen molar-refractivity contribution >= 4 is 18.0 Å². The van der Waals surface area contributed by atoms with E-state index < -0.39 is 11.9 Å². The Labute approximate surface area is 123 Å². The second-order valence-electron chi connectivity index (χ2n) is 4.71. The molecule has 2 N–H and O–H groups in total. The highest BCUT2D eigenvalue weighted by Crippen LogP contribution is 2.30. The number of rotatable bonds is 5. The average molecular weight is 290 g/mol. The zero-order valence-corrected chi connectivity index (χ0v) is 12.2. The first kappa shape index (κ1) is 14.9. The molecule has 3 amide bonds. The number of amides is 3. The summed E-state index contributed by atoms with van der Waals surface area (Å²) in [7, 11) is 1.56. The molecule has 1 saturated heterocycles. The van der Waals surface area contributed by atoms with E-state index in [9.17, 15) is 9.59 Å². The standard InChI is InChI=1S/C15H18N2O4/c1-4-9(2)21-12-6-5-10(8-13(12)20-3)7-11-14(18)17-15(19)16-11/h5-9H,4H2,1-3H3,(H2,16,17,18,19)/b11-7-/t9-/m1/s1. The summed E-state index contributed by atoms with van der Waals surface area (Å²) < 4.78 is 11.1. The van der Waals surface area contributed by atoms with Crippen molar-refractivity contribution in [2.45, 2.75) is 26.4 Å². The van der Waals surface area contributed by atoms with Gasteiger partial charge < -0.3 is 14.8 Å². The maximum atomic E-state index is 11.5. The molecule has 1 aliphatic heterocycles. The topological polar surface area (TPSA) is 76.7 Å². The molecule has 6 heteroatoms. The van der Waals surface area contributed by atoms with E-state index in [0.29, 0.717) is 11.5 Å². The van der Waals surface area contributed by atoms with Gasteiger partial charge in [0.1, 0.15) is 5.70 Å². The van der Waals surface area contributed by atoms with Crippen molar-refractivity contribution in [3.05, 3.63) is 29.5 Å². The summed E-state index contributed by atoms with van der Waals surface area (Å²) in [5, 5.41) is 4.58. The third-order valence-electron chi connectivity index (χ3n) is 3.12. The number of hydrogen-bond acceptors (Lipinski definition) is 4. The third kappa shape index (κ3) is 3.53. The first-order chi connectivity index (χ1) is 10.0. The van der Waals surface area contributed by atoms with Gasteiger partial charge in [-0.2, -0.15) is 0 Å². The van der Waals surface area contributed by atoms with Gasteiger partial charge in [0.05, 0.1) is 13.2 Å². The molecule has 2 rings (SSSR count). The third-order valence-corrected chi connectivity index (χ3v) is 3.12. The van der Waals surface area contributed by atoms with Crippen LogP contribution in [0.2, 0.25) is 0 Å². The smallest absolute Gasteiger partial charge is 0.326 e. The van der Waals surface area contributed by atoms with Crippen molar-refractivity contribution in [1.82, 2.24) is 10.6 Å². The molecule has 0 aromatic heterocycles. The summed E-state index contributed by atoms with van der Waals surface area (Å²) in [6.45, 7) is 4.02. The van der Waals surface area contributed by atoms with Crippen LogP contribution in [0, 0.1) is 0 Å². The van der Waals surface area contributed by atoms with Gasteiger partial charge in [0.2, 0.25) is 0 Å². The quantitative estimate of drug-likeness (QED) is 0.643. The van der Waals surface area contributed by atoms with Gasteiger partial charge in [-0.15, -0.1) is 0 Å². The number of carbonyl (C=O) groups is 2. The zero-order chi connectivity index (χ0) is 15.4. The second-order valence-corrected chi connectivity index (χ2v) is 4.71. The van der Waals surface area contributed by atoms with Crippen LogP contribution in [0.25, 0.3) is 6.08 Å². The lowest BCUT2D eigenvalue weighted by atomic mass is 10.1. The molecule has 6 nitrogen and oxygen atoms in total. The van der Waals surface area contributed by atoms with Crippen LogP contribution in [-0.4, -0.2) is 25.2 Å². The highest BCUT2D eigenvalue weighted by molar-refractivity contribution is 6.13. The minimum absolute atomic E-state index is 0.0861. The Hall–Kier alpha value is -2.50. The average Bonchev–Trinajstić information content (AvgIpc) is 2.78. The van der Waals surface area contributed by atoms with E-state index >= 15 is 0 Å². The number of imide groups is 1. The van der Waals surface area contributed by atoms with E-state index in [1.807, 2.05) is 13.8 Å². The summed E-state index contributed by atoms with van der Waals surface area (Å²) in [5.74, 6) is 0.780. The molecule has 21 heavy (non-hydrogen) atoms. The van der Waals surface area contributed by atoms with Gasteiger partial charge in [-0.1, -0.05) is 13.0 Å². The Morgan fingerprint density at radius 1 is 1.24 bits per heavy atom. The van der Waals surface area contributed by atoms with Crippen LogP contribution < -0.4 is 20.1 Å². The number of nitrogens with one attached hydrogen (secondary N) is 2. The predicted molar refractivity (Wildman–Crippen MR) is 78.0 cm³/mol. The highest BCUT2D eigenvalue weighted by Gasteiger charge is 2.22. The fourth-order valence-corrected chi connectivity index (χ4v) is 1.82.